The molecule has 0 unspecified atom stereocenters. The Morgan fingerprint density at radius 2 is 1.81 bits per heavy atom. The first-order valence-corrected chi connectivity index (χ1v) is 10.9. The van der Waals surface area contributed by atoms with Crippen LogP contribution in [0.3, 0.4) is 0 Å². The van der Waals surface area contributed by atoms with Crippen LogP contribution in [0.4, 0.5) is 0 Å². The van der Waals surface area contributed by atoms with E-state index in [0.717, 1.165) is 40.6 Å². The first kappa shape index (κ1) is 20.9. The Morgan fingerprint density at radius 1 is 1.00 bits per heavy atom. The molecule has 1 fully saturated rings. The van der Waals surface area contributed by atoms with Gasteiger partial charge in [0, 0.05) is 37.9 Å². The number of rotatable bonds is 9. The monoisotopic (exact) mass is 416 g/mol. The first-order chi connectivity index (χ1) is 15.2. The molecule has 5 nitrogen and oxygen atoms in total. The number of nitrogens with zero attached hydrogens (tertiary/aromatic N) is 1. The Morgan fingerprint density at radius 3 is 2.68 bits per heavy atom. The molecule has 1 heterocycles. The van der Waals surface area contributed by atoms with Crippen LogP contribution in [0.2, 0.25) is 0 Å². The molecule has 0 radical (unpaired) electrons. The number of fused-ring (bicyclic) bond motifs is 1. The third-order valence-corrected chi connectivity index (χ3v) is 5.58. The predicted molar refractivity (Wildman–Crippen MR) is 122 cm³/mol. The van der Waals surface area contributed by atoms with Gasteiger partial charge in [-0.05, 0) is 35.4 Å². The van der Waals surface area contributed by atoms with E-state index in [4.69, 9.17) is 4.74 Å². The number of ether oxygens (including phenoxy) is 1. The van der Waals surface area contributed by atoms with E-state index >= 15 is 0 Å². The van der Waals surface area contributed by atoms with Gasteiger partial charge >= 0.3 is 0 Å². The van der Waals surface area contributed by atoms with Gasteiger partial charge in [0.2, 0.25) is 11.8 Å². The van der Waals surface area contributed by atoms with Gasteiger partial charge in [-0.1, -0.05) is 60.7 Å². The van der Waals surface area contributed by atoms with Crippen molar-refractivity contribution in [3.05, 3.63) is 77.9 Å². The summed E-state index contributed by atoms with van der Waals surface area (Å²) in [5.41, 5.74) is 2.15. The summed E-state index contributed by atoms with van der Waals surface area (Å²) in [4.78, 5) is 25.9. The molecule has 31 heavy (non-hydrogen) atoms. The van der Waals surface area contributed by atoms with Crippen LogP contribution in [0.1, 0.15) is 36.8 Å². The molecule has 1 aliphatic heterocycles. The smallest absolute Gasteiger partial charge is 0.222 e. The van der Waals surface area contributed by atoms with Crippen molar-refractivity contribution in [1.82, 2.24) is 10.2 Å². The quantitative estimate of drug-likeness (QED) is 0.525. The minimum Gasteiger partial charge on any atom is -0.493 e. The van der Waals surface area contributed by atoms with Crippen LogP contribution in [0.15, 0.2) is 66.7 Å². The predicted octanol–water partition coefficient (Wildman–Crippen LogP) is 4.44. The Balaban J connectivity index is 1.20. The Labute approximate surface area is 183 Å². The van der Waals surface area contributed by atoms with Gasteiger partial charge in [-0.3, -0.25) is 9.59 Å². The molecule has 0 aromatic heterocycles. The molecule has 5 heteroatoms. The Kier molecular flexibility index (Phi) is 6.82. The van der Waals surface area contributed by atoms with Crippen molar-refractivity contribution in [1.29, 1.82) is 0 Å². The lowest BCUT2D eigenvalue weighted by molar-refractivity contribution is -0.128. The zero-order valence-electron chi connectivity index (χ0n) is 17.7. The Bertz CT molecular complexity index is 1060. The molecule has 3 aromatic carbocycles. The molecule has 1 saturated heterocycles. The minimum absolute atomic E-state index is 0.0154. The summed E-state index contributed by atoms with van der Waals surface area (Å²) < 4.78 is 5.91. The SMILES string of the molecule is O=C(CCCOc1cccc2ccccc12)NCc1cccc(CN2CCCC2=O)c1. The molecule has 3 aromatic rings. The maximum atomic E-state index is 12.2. The number of carbonyl (C=O) groups excluding carboxylic acids is 2. The second-order valence-electron chi connectivity index (χ2n) is 7.94. The van der Waals surface area contributed by atoms with Crippen molar-refractivity contribution in [2.75, 3.05) is 13.2 Å². The zero-order chi connectivity index (χ0) is 21.5. The summed E-state index contributed by atoms with van der Waals surface area (Å²) in [6.07, 6.45) is 2.68. The van der Waals surface area contributed by atoms with E-state index < -0.39 is 0 Å². The van der Waals surface area contributed by atoms with Gasteiger partial charge in [0.1, 0.15) is 5.75 Å². The van der Waals surface area contributed by atoms with Crippen molar-refractivity contribution in [2.45, 2.75) is 38.8 Å². The number of likely N-dealkylation sites (tertiary alicyclic amines) is 1. The van der Waals surface area contributed by atoms with Crippen LogP contribution in [0.25, 0.3) is 10.8 Å². The van der Waals surface area contributed by atoms with Gasteiger partial charge < -0.3 is 15.0 Å². The lowest BCUT2D eigenvalue weighted by atomic mass is 10.1. The fraction of sp³-hybridized carbons (Fsp3) is 0.308. The summed E-state index contributed by atoms with van der Waals surface area (Å²) in [5, 5.41) is 5.22. The molecular weight excluding hydrogens is 388 g/mol. The van der Waals surface area contributed by atoms with Gasteiger partial charge in [-0.25, -0.2) is 0 Å². The molecule has 0 saturated carbocycles. The maximum Gasteiger partial charge on any atom is 0.222 e. The van der Waals surface area contributed by atoms with Crippen LogP contribution >= 0.6 is 0 Å². The molecule has 1 N–H and O–H groups in total. The van der Waals surface area contributed by atoms with Crippen LogP contribution in [-0.4, -0.2) is 29.9 Å². The van der Waals surface area contributed by atoms with E-state index in [2.05, 4.69) is 23.5 Å². The standard InChI is InChI=1S/C26H28N2O3/c29-25(13-6-16-31-24-12-4-10-22-9-1-2-11-23(22)24)27-18-20-7-3-8-21(17-20)19-28-15-5-14-26(28)30/h1-4,7-12,17H,5-6,13-16,18-19H2,(H,27,29). The summed E-state index contributed by atoms with van der Waals surface area (Å²) in [6, 6.07) is 22.2. The van der Waals surface area contributed by atoms with E-state index in [1.165, 1.54) is 0 Å². The molecular formula is C26H28N2O3. The van der Waals surface area contributed by atoms with Crippen molar-refractivity contribution >= 4 is 22.6 Å². The van der Waals surface area contributed by atoms with Gasteiger partial charge in [-0.15, -0.1) is 0 Å². The second kappa shape index (κ2) is 10.1. The van der Waals surface area contributed by atoms with Crippen LogP contribution in [0, 0.1) is 0 Å². The molecule has 0 atom stereocenters. The van der Waals surface area contributed by atoms with Gasteiger partial charge in [-0.2, -0.15) is 0 Å². The van der Waals surface area contributed by atoms with Crippen LogP contribution in [-0.2, 0) is 22.7 Å². The zero-order valence-corrected chi connectivity index (χ0v) is 17.7. The third kappa shape index (κ3) is 5.63. The Hall–Kier alpha value is -3.34. The highest BCUT2D eigenvalue weighted by Gasteiger charge is 2.19. The third-order valence-electron chi connectivity index (χ3n) is 5.58. The van der Waals surface area contributed by atoms with Crippen molar-refractivity contribution in [3.8, 4) is 5.75 Å². The number of carbonyl (C=O) groups is 2. The van der Waals surface area contributed by atoms with Gasteiger partial charge in [0.05, 0.1) is 6.61 Å². The number of hydrogen-bond acceptors (Lipinski definition) is 3. The van der Waals surface area contributed by atoms with E-state index in [0.29, 0.717) is 39.0 Å². The van der Waals surface area contributed by atoms with Crippen molar-refractivity contribution in [3.63, 3.8) is 0 Å². The fourth-order valence-electron chi connectivity index (χ4n) is 3.95. The lowest BCUT2D eigenvalue weighted by Crippen LogP contribution is -2.24. The van der Waals surface area contributed by atoms with Gasteiger partial charge in [0.25, 0.3) is 0 Å². The number of hydrogen-bond donors (Lipinski definition) is 1. The van der Waals surface area contributed by atoms with Crippen LogP contribution in [0.5, 0.6) is 5.75 Å². The largest absolute Gasteiger partial charge is 0.493 e. The van der Waals surface area contributed by atoms with E-state index in [1.807, 2.05) is 53.4 Å². The average Bonchev–Trinajstić information content (AvgIpc) is 3.20. The van der Waals surface area contributed by atoms with Gasteiger partial charge in [0.15, 0.2) is 0 Å². The molecule has 0 aliphatic carbocycles. The number of nitrogens with one attached hydrogen (secondary N) is 1. The maximum absolute atomic E-state index is 12.2. The summed E-state index contributed by atoms with van der Waals surface area (Å²) in [5.74, 6) is 1.10. The normalized spacial score (nSPS) is 13.5. The summed E-state index contributed by atoms with van der Waals surface area (Å²) in [7, 11) is 0. The molecule has 4 rings (SSSR count). The lowest BCUT2D eigenvalue weighted by Gasteiger charge is -2.16. The average molecular weight is 417 g/mol. The highest BCUT2D eigenvalue weighted by molar-refractivity contribution is 5.88. The fourth-order valence-corrected chi connectivity index (χ4v) is 3.95. The molecule has 1 aliphatic rings. The van der Waals surface area contributed by atoms with E-state index in [-0.39, 0.29) is 11.8 Å². The number of benzene rings is 3. The molecule has 160 valence electrons. The highest BCUT2D eigenvalue weighted by Crippen LogP contribution is 2.25. The summed E-state index contributed by atoms with van der Waals surface area (Å²) in [6.45, 7) is 2.47. The molecule has 0 spiro atoms. The van der Waals surface area contributed by atoms with E-state index in [9.17, 15) is 9.59 Å². The topological polar surface area (TPSA) is 58.6 Å². The van der Waals surface area contributed by atoms with E-state index in [1.54, 1.807) is 0 Å². The van der Waals surface area contributed by atoms with Crippen molar-refractivity contribution < 1.29 is 14.3 Å². The highest BCUT2D eigenvalue weighted by atomic mass is 16.5. The first-order valence-electron chi connectivity index (χ1n) is 10.9. The van der Waals surface area contributed by atoms with Crippen molar-refractivity contribution in [2.24, 2.45) is 0 Å². The molecule has 0 bridgehead atoms. The minimum atomic E-state index is 0.0154. The molecule has 2 amide bonds. The summed E-state index contributed by atoms with van der Waals surface area (Å²) >= 11 is 0. The second-order valence-corrected chi connectivity index (χ2v) is 7.94. The van der Waals surface area contributed by atoms with Crippen LogP contribution < -0.4 is 10.1 Å². The number of amides is 2.